The molecule has 0 aliphatic heterocycles. The smallest absolute Gasteiger partial charge is 0.265 e. The largest absolute Gasteiger partial charge is 0.494 e. The zero-order valence-corrected chi connectivity index (χ0v) is 19.7. The molecule has 7 heteroatoms. The van der Waals surface area contributed by atoms with Crippen molar-refractivity contribution in [1.29, 1.82) is 0 Å². The van der Waals surface area contributed by atoms with Crippen molar-refractivity contribution in [2.75, 3.05) is 6.61 Å². The highest BCUT2D eigenvalue weighted by Gasteiger charge is 2.36. The average molecular weight is 467 g/mol. The molecule has 1 saturated carbocycles. The first-order valence-electron chi connectivity index (χ1n) is 11.6. The molecule has 0 bridgehead atoms. The summed E-state index contributed by atoms with van der Waals surface area (Å²) in [6.45, 7) is 2.54. The van der Waals surface area contributed by atoms with Crippen molar-refractivity contribution in [3.63, 3.8) is 0 Å². The normalized spacial score (nSPS) is 15.1. The summed E-state index contributed by atoms with van der Waals surface area (Å²) in [6.07, 6.45) is 6.91. The monoisotopic (exact) mass is 466 g/mol. The fourth-order valence-electron chi connectivity index (χ4n) is 4.36. The number of carbonyl (C=O) groups excluding carboxylic acids is 2. The second kappa shape index (κ2) is 11.2. The summed E-state index contributed by atoms with van der Waals surface area (Å²) < 4.78 is 11.4. The molecular formula is C26H30N2O4S. The maximum absolute atomic E-state index is 13.8. The quantitative estimate of drug-likeness (QED) is 0.447. The third kappa shape index (κ3) is 5.66. The number of benzene rings is 1. The van der Waals surface area contributed by atoms with Gasteiger partial charge in [0.1, 0.15) is 17.6 Å². The second-order valence-corrected chi connectivity index (χ2v) is 9.15. The number of nitrogens with one attached hydrogen (secondary N) is 1. The molecule has 0 spiro atoms. The number of hydrogen-bond donors (Lipinski definition) is 1. The Morgan fingerprint density at radius 2 is 1.94 bits per heavy atom. The second-order valence-electron chi connectivity index (χ2n) is 8.21. The lowest BCUT2D eigenvalue weighted by Gasteiger charge is -2.33. The lowest BCUT2D eigenvalue weighted by Crippen LogP contribution is -2.46. The van der Waals surface area contributed by atoms with Crippen molar-refractivity contribution in [1.82, 2.24) is 10.2 Å². The van der Waals surface area contributed by atoms with Gasteiger partial charge in [-0.1, -0.05) is 43.5 Å². The predicted octanol–water partition coefficient (Wildman–Crippen LogP) is 5.57. The fraction of sp³-hybridized carbons (Fsp3) is 0.385. The molecule has 1 atom stereocenters. The number of ether oxygens (including phenoxy) is 1. The molecule has 33 heavy (non-hydrogen) atoms. The van der Waals surface area contributed by atoms with Crippen LogP contribution in [0, 0.1) is 0 Å². The minimum Gasteiger partial charge on any atom is -0.494 e. The van der Waals surface area contributed by atoms with E-state index in [-0.39, 0.29) is 24.4 Å². The summed E-state index contributed by atoms with van der Waals surface area (Å²) in [5.74, 6) is 0.818. The van der Waals surface area contributed by atoms with Gasteiger partial charge in [0.2, 0.25) is 5.91 Å². The van der Waals surface area contributed by atoms with Gasteiger partial charge in [0.25, 0.3) is 5.91 Å². The van der Waals surface area contributed by atoms with Gasteiger partial charge < -0.3 is 19.4 Å². The van der Waals surface area contributed by atoms with Crippen LogP contribution in [0.1, 0.15) is 66.1 Å². The van der Waals surface area contributed by atoms with E-state index < -0.39 is 6.04 Å². The van der Waals surface area contributed by atoms with Gasteiger partial charge in [0.15, 0.2) is 0 Å². The molecule has 1 aliphatic rings. The Morgan fingerprint density at radius 1 is 1.12 bits per heavy atom. The number of rotatable bonds is 9. The molecule has 2 amide bonds. The van der Waals surface area contributed by atoms with Crippen molar-refractivity contribution in [3.8, 4) is 5.75 Å². The van der Waals surface area contributed by atoms with E-state index in [1.807, 2.05) is 48.7 Å². The zero-order valence-electron chi connectivity index (χ0n) is 18.9. The van der Waals surface area contributed by atoms with Crippen LogP contribution in [0.15, 0.2) is 64.6 Å². The predicted molar refractivity (Wildman–Crippen MR) is 128 cm³/mol. The molecule has 1 unspecified atom stereocenters. The van der Waals surface area contributed by atoms with Crippen LogP contribution in [-0.2, 0) is 11.3 Å². The van der Waals surface area contributed by atoms with Gasteiger partial charge in [0, 0.05) is 11.6 Å². The van der Waals surface area contributed by atoms with E-state index in [1.54, 1.807) is 23.3 Å². The summed E-state index contributed by atoms with van der Waals surface area (Å²) in [4.78, 5) is 29.7. The van der Waals surface area contributed by atoms with Crippen LogP contribution in [0.5, 0.6) is 5.75 Å². The van der Waals surface area contributed by atoms with E-state index in [0.29, 0.717) is 28.6 Å². The molecule has 1 aliphatic carbocycles. The van der Waals surface area contributed by atoms with Crippen LogP contribution >= 0.6 is 11.3 Å². The average Bonchev–Trinajstić information content (AvgIpc) is 3.55. The molecule has 1 N–H and O–H groups in total. The van der Waals surface area contributed by atoms with Crippen LogP contribution in [0.4, 0.5) is 0 Å². The molecule has 1 fully saturated rings. The summed E-state index contributed by atoms with van der Waals surface area (Å²) in [5, 5.41) is 5.10. The maximum atomic E-state index is 13.8. The third-order valence-electron chi connectivity index (χ3n) is 5.92. The number of hydrogen-bond acceptors (Lipinski definition) is 5. The standard InChI is InChI=1S/C26H30N2O4S/c1-2-31-22-14-7-6-13-21(22)24(25(29)27-19-10-4-3-5-11-19)28(18-20-12-8-16-32-20)26(30)23-15-9-17-33-23/h6-9,12-17,19,24H,2-5,10-11,18H2,1H3,(H,27,29). The highest BCUT2D eigenvalue weighted by molar-refractivity contribution is 7.12. The SMILES string of the molecule is CCOc1ccccc1C(C(=O)NC1CCCCC1)N(Cc1ccco1)C(=O)c1cccs1. The molecule has 2 aromatic heterocycles. The third-order valence-corrected chi connectivity index (χ3v) is 6.78. The minimum absolute atomic E-state index is 0.121. The molecule has 4 rings (SSSR count). The van der Waals surface area contributed by atoms with E-state index in [4.69, 9.17) is 9.15 Å². The summed E-state index contributed by atoms with van der Waals surface area (Å²) >= 11 is 1.36. The highest BCUT2D eigenvalue weighted by atomic mass is 32.1. The van der Waals surface area contributed by atoms with Gasteiger partial charge >= 0.3 is 0 Å². The van der Waals surface area contributed by atoms with Crippen LogP contribution in [0.2, 0.25) is 0 Å². The number of thiophene rings is 1. The van der Waals surface area contributed by atoms with Crippen molar-refractivity contribution in [3.05, 3.63) is 76.4 Å². The van der Waals surface area contributed by atoms with E-state index in [9.17, 15) is 9.59 Å². The summed E-state index contributed by atoms with van der Waals surface area (Å²) in [5.41, 5.74) is 0.670. The Balaban J connectivity index is 1.75. The van der Waals surface area contributed by atoms with Crippen LogP contribution in [0.3, 0.4) is 0 Å². The Morgan fingerprint density at radius 3 is 2.64 bits per heavy atom. The maximum Gasteiger partial charge on any atom is 0.265 e. The van der Waals surface area contributed by atoms with E-state index in [2.05, 4.69) is 5.32 Å². The van der Waals surface area contributed by atoms with Crippen molar-refractivity contribution in [2.45, 2.75) is 57.7 Å². The van der Waals surface area contributed by atoms with Crippen LogP contribution < -0.4 is 10.1 Å². The lowest BCUT2D eigenvalue weighted by molar-refractivity contribution is -0.127. The number of para-hydroxylation sites is 1. The lowest BCUT2D eigenvalue weighted by atomic mass is 9.94. The highest BCUT2D eigenvalue weighted by Crippen LogP contribution is 2.33. The first-order chi connectivity index (χ1) is 16.2. The molecule has 6 nitrogen and oxygen atoms in total. The number of furan rings is 1. The number of nitrogens with zero attached hydrogens (tertiary/aromatic N) is 1. The van der Waals surface area contributed by atoms with E-state index in [1.165, 1.54) is 17.8 Å². The van der Waals surface area contributed by atoms with Gasteiger partial charge in [-0.2, -0.15) is 0 Å². The molecule has 3 aromatic rings. The molecule has 1 aromatic carbocycles. The number of amides is 2. The first kappa shape index (κ1) is 23.1. The van der Waals surface area contributed by atoms with Crippen molar-refractivity contribution in [2.24, 2.45) is 0 Å². The first-order valence-corrected chi connectivity index (χ1v) is 12.4. The van der Waals surface area contributed by atoms with Gasteiger partial charge in [-0.15, -0.1) is 11.3 Å². The van der Waals surface area contributed by atoms with Crippen LogP contribution in [0.25, 0.3) is 0 Å². The molecule has 2 heterocycles. The Kier molecular flexibility index (Phi) is 7.83. The van der Waals surface area contributed by atoms with Crippen molar-refractivity contribution >= 4 is 23.2 Å². The molecule has 0 saturated heterocycles. The van der Waals surface area contributed by atoms with Gasteiger partial charge in [0.05, 0.1) is 24.3 Å². The zero-order chi connectivity index (χ0) is 23.0. The topological polar surface area (TPSA) is 71.8 Å². The van der Waals surface area contributed by atoms with E-state index >= 15 is 0 Å². The Bertz CT molecular complexity index is 1030. The fourth-order valence-corrected chi connectivity index (χ4v) is 5.04. The van der Waals surface area contributed by atoms with Gasteiger partial charge in [-0.05, 0) is 49.4 Å². The van der Waals surface area contributed by atoms with Crippen LogP contribution in [-0.4, -0.2) is 29.4 Å². The minimum atomic E-state index is -0.852. The summed E-state index contributed by atoms with van der Waals surface area (Å²) in [7, 11) is 0. The Labute approximate surface area is 198 Å². The molecule has 174 valence electrons. The van der Waals surface area contributed by atoms with Crippen molar-refractivity contribution < 1.29 is 18.7 Å². The molecule has 0 radical (unpaired) electrons. The van der Waals surface area contributed by atoms with E-state index in [0.717, 1.165) is 25.7 Å². The Hall–Kier alpha value is -3.06. The van der Waals surface area contributed by atoms with Gasteiger partial charge in [-0.25, -0.2) is 0 Å². The number of carbonyl (C=O) groups is 2. The van der Waals surface area contributed by atoms with Gasteiger partial charge in [-0.3, -0.25) is 9.59 Å². The summed E-state index contributed by atoms with van der Waals surface area (Å²) in [6, 6.07) is 14.0. The molecular weight excluding hydrogens is 436 g/mol.